The van der Waals surface area contributed by atoms with Crippen LogP contribution in [-0.4, -0.2) is 61.1 Å². The Labute approximate surface area is 224 Å². The SMILES string of the molecule is COc1ccc(-c2nnc(SCC(=O)N/N=C/c3cc(OC)c(OC)c(OC)c3)n2-c2ccccc2)cc1. The van der Waals surface area contributed by atoms with Crippen molar-refractivity contribution in [3.05, 3.63) is 72.3 Å². The summed E-state index contributed by atoms with van der Waals surface area (Å²) in [6.07, 6.45) is 1.50. The first-order valence-electron chi connectivity index (χ1n) is 11.5. The highest BCUT2D eigenvalue weighted by atomic mass is 32.2. The van der Waals surface area contributed by atoms with Crippen molar-refractivity contribution in [1.29, 1.82) is 0 Å². The minimum Gasteiger partial charge on any atom is -0.497 e. The average Bonchev–Trinajstić information content (AvgIpc) is 3.40. The Morgan fingerprint density at radius 1 is 0.921 bits per heavy atom. The zero-order valence-corrected chi connectivity index (χ0v) is 22.2. The molecule has 0 saturated carbocycles. The zero-order chi connectivity index (χ0) is 26.9. The molecular weight excluding hydrogens is 506 g/mol. The molecule has 4 rings (SSSR count). The highest BCUT2D eigenvalue weighted by molar-refractivity contribution is 7.99. The second kappa shape index (κ2) is 12.6. The third kappa shape index (κ3) is 6.06. The molecule has 38 heavy (non-hydrogen) atoms. The minimum atomic E-state index is -0.299. The molecule has 1 N–H and O–H groups in total. The number of benzene rings is 3. The van der Waals surface area contributed by atoms with Gasteiger partial charge in [-0.25, -0.2) is 5.43 Å². The summed E-state index contributed by atoms with van der Waals surface area (Å²) >= 11 is 1.26. The van der Waals surface area contributed by atoms with Gasteiger partial charge >= 0.3 is 0 Å². The molecule has 0 saturated heterocycles. The van der Waals surface area contributed by atoms with Crippen LogP contribution in [-0.2, 0) is 4.79 Å². The van der Waals surface area contributed by atoms with Gasteiger partial charge in [-0.3, -0.25) is 9.36 Å². The summed E-state index contributed by atoms with van der Waals surface area (Å²) in [7, 11) is 6.22. The van der Waals surface area contributed by atoms with Crippen molar-refractivity contribution in [2.45, 2.75) is 5.16 Å². The van der Waals surface area contributed by atoms with E-state index in [2.05, 4.69) is 20.7 Å². The third-order valence-electron chi connectivity index (χ3n) is 5.42. The van der Waals surface area contributed by atoms with Crippen molar-refractivity contribution >= 4 is 23.9 Å². The van der Waals surface area contributed by atoms with Crippen LogP contribution < -0.4 is 24.4 Å². The number of ether oxygens (including phenoxy) is 4. The lowest BCUT2D eigenvalue weighted by Gasteiger charge is -2.12. The van der Waals surface area contributed by atoms with E-state index >= 15 is 0 Å². The molecule has 3 aromatic carbocycles. The predicted molar refractivity (Wildman–Crippen MR) is 146 cm³/mol. The van der Waals surface area contributed by atoms with Crippen molar-refractivity contribution in [2.75, 3.05) is 34.2 Å². The second-order valence-electron chi connectivity index (χ2n) is 7.75. The van der Waals surface area contributed by atoms with Crippen LogP contribution in [0.15, 0.2) is 77.0 Å². The summed E-state index contributed by atoms with van der Waals surface area (Å²) in [4.78, 5) is 12.6. The maximum absolute atomic E-state index is 12.6. The lowest BCUT2D eigenvalue weighted by atomic mass is 10.2. The number of para-hydroxylation sites is 1. The van der Waals surface area contributed by atoms with Crippen LogP contribution in [0.5, 0.6) is 23.0 Å². The molecule has 0 aliphatic heterocycles. The molecule has 196 valence electrons. The number of methoxy groups -OCH3 is 4. The molecule has 10 nitrogen and oxygen atoms in total. The Hall–Kier alpha value is -4.51. The van der Waals surface area contributed by atoms with E-state index < -0.39 is 0 Å². The molecule has 0 radical (unpaired) electrons. The van der Waals surface area contributed by atoms with Gasteiger partial charge in [0.15, 0.2) is 22.5 Å². The first kappa shape index (κ1) is 26.6. The van der Waals surface area contributed by atoms with E-state index in [-0.39, 0.29) is 11.7 Å². The Kier molecular flexibility index (Phi) is 8.83. The lowest BCUT2D eigenvalue weighted by Crippen LogP contribution is -2.20. The van der Waals surface area contributed by atoms with Crippen LogP contribution in [0.1, 0.15) is 5.56 Å². The molecule has 1 aromatic heterocycles. The number of hydrazone groups is 1. The molecule has 0 bridgehead atoms. The molecule has 0 fully saturated rings. The standard InChI is InChI=1S/C27H27N5O5S/c1-34-21-12-10-19(11-13-21)26-30-31-27(32(26)20-8-6-5-7-9-20)38-17-24(33)29-28-16-18-14-22(35-2)25(37-4)23(15-18)36-3/h5-16H,17H2,1-4H3,(H,29,33)/b28-16+. The summed E-state index contributed by atoms with van der Waals surface area (Å²) in [6, 6.07) is 20.8. The van der Waals surface area contributed by atoms with Gasteiger partial charge in [0.05, 0.1) is 40.4 Å². The quantitative estimate of drug-likeness (QED) is 0.174. The normalized spacial score (nSPS) is 10.8. The maximum atomic E-state index is 12.6. The van der Waals surface area contributed by atoms with Gasteiger partial charge in [-0.1, -0.05) is 30.0 Å². The van der Waals surface area contributed by atoms with Crippen LogP contribution in [0.3, 0.4) is 0 Å². The minimum absolute atomic E-state index is 0.0835. The van der Waals surface area contributed by atoms with Crippen LogP contribution in [0.25, 0.3) is 17.1 Å². The highest BCUT2D eigenvalue weighted by Gasteiger charge is 2.17. The van der Waals surface area contributed by atoms with Gasteiger partial charge in [-0.15, -0.1) is 10.2 Å². The van der Waals surface area contributed by atoms with Gasteiger partial charge in [0.2, 0.25) is 5.75 Å². The van der Waals surface area contributed by atoms with Crippen molar-refractivity contribution in [2.24, 2.45) is 5.10 Å². The molecule has 0 unspecified atom stereocenters. The molecular formula is C27H27N5O5S. The number of nitrogens with zero attached hydrogens (tertiary/aromatic N) is 4. The van der Waals surface area contributed by atoms with Crippen molar-refractivity contribution in [3.63, 3.8) is 0 Å². The van der Waals surface area contributed by atoms with Crippen molar-refractivity contribution in [1.82, 2.24) is 20.2 Å². The number of thioether (sulfide) groups is 1. The third-order valence-corrected chi connectivity index (χ3v) is 6.35. The Morgan fingerprint density at radius 3 is 2.21 bits per heavy atom. The molecule has 0 atom stereocenters. The lowest BCUT2D eigenvalue weighted by molar-refractivity contribution is -0.118. The maximum Gasteiger partial charge on any atom is 0.250 e. The molecule has 1 heterocycles. The van der Waals surface area contributed by atoms with Gasteiger partial charge in [0, 0.05) is 16.8 Å². The molecule has 1 amide bonds. The van der Waals surface area contributed by atoms with Gasteiger partial charge in [0.25, 0.3) is 5.91 Å². The molecule has 0 aliphatic rings. The van der Waals surface area contributed by atoms with Gasteiger partial charge in [-0.2, -0.15) is 5.10 Å². The first-order valence-corrected chi connectivity index (χ1v) is 12.5. The topological polar surface area (TPSA) is 109 Å². The Bertz CT molecular complexity index is 1380. The molecule has 0 aliphatic carbocycles. The fraction of sp³-hybridized carbons (Fsp3) is 0.185. The smallest absolute Gasteiger partial charge is 0.250 e. The second-order valence-corrected chi connectivity index (χ2v) is 8.69. The van der Waals surface area contributed by atoms with E-state index in [4.69, 9.17) is 18.9 Å². The summed E-state index contributed by atoms with van der Waals surface area (Å²) in [5.41, 5.74) is 4.96. The number of aromatic nitrogens is 3. The summed E-state index contributed by atoms with van der Waals surface area (Å²) in [5, 5.41) is 13.4. The number of amides is 1. The summed E-state index contributed by atoms with van der Waals surface area (Å²) in [6.45, 7) is 0. The fourth-order valence-corrected chi connectivity index (χ4v) is 4.36. The Balaban J connectivity index is 1.48. The number of carbonyl (C=O) groups excluding carboxylic acids is 1. The van der Waals surface area contributed by atoms with E-state index in [0.29, 0.717) is 33.8 Å². The monoisotopic (exact) mass is 533 g/mol. The van der Waals surface area contributed by atoms with Gasteiger partial charge < -0.3 is 18.9 Å². The molecule has 4 aromatic rings. The number of nitrogens with one attached hydrogen (secondary N) is 1. The van der Waals surface area contributed by atoms with E-state index in [1.807, 2.05) is 59.2 Å². The summed E-state index contributed by atoms with van der Waals surface area (Å²) in [5.74, 6) is 2.64. The van der Waals surface area contributed by atoms with E-state index in [1.54, 1.807) is 19.2 Å². The van der Waals surface area contributed by atoms with Crippen LogP contribution >= 0.6 is 11.8 Å². The Morgan fingerprint density at radius 2 is 1.61 bits per heavy atom. The largest absolute Gasteiger partial charge is 0.497 e. The van der Waals surface area contributed by atoms with Crippen LogP contribution in [0.2, 0.25) is 0 Å². The predicted octanol–water partition coefficient (Wildman–Crippen LogP) is 4.21. The van der Waals surface area contributed by atoms with E-state index in [1.165, 1.54) is 39.3 Å². The van der Waals surface area contributed by atoms with E-state index in [0.717, 1.165) is 17.0 Å². The van der Waals surface area contributed by atoms with Crippen molar-refractivity contribution in [3.8, 4) is 40.1 Å². The number of hydrogen-bond donors (Lipinski definition) is 1. The fourth-order valence-electron chi connectivity index (χ4n) is 3.62. The molecule has 11 heteroatoms. The molecule has 0 spiro atoms. The number of rotatable bonds is 11. The number of carbonyl (C=O) groups is 1. The van der Waals surface area contributed by atoms with Crippen LogP contribution in [0, 0.1) is 0 Å². The van der Waals surface area contributed by atoms with Gasteiger partial charge in [-0.05, 0) is 48.5 Å². The first-order chi connectivity index (χ1) is 18.6. The van der Waals surface area contributed by atoms with Gasteiger partial charge in [0.1, 0.15) is 5.75 Å². The summed E-state index contributed by atoms with van der Waals surface area (Å²) < 4.78 is 23.2. The highest BCUT2D eigenvalue weighted by Crippen LogP contribution is 2.37. The van der Waals surface area contributed by atoms with Crippen molar-refractivity contribution < 1.29 is 23.7 Å². The zero-order valence-electron chi connectivity index (χ0n) is 21.4. The average molecular weight is 534 g/mol. The van der Waals surface area contributed by atoms with E-state index in [9.17, 15) is 4.79 Å². The number of hydrogen-bond acceptors (Lipinski definition) is 9. The van der Waals surface area contributed by atoms with Crippen LogP contribution in [0.4, 0.5) is 0 Å².